The fourth-order valence-corrected chi connectivity index (χ4v) is 4.76. The van der Waals surface area contributed by atoms with Crippen molar-refractivity contribution in [2.24, 2.45) is 0 Å². The zero-order valence-corrected chi connectivity index (χ0v) is 18.7. The number of halogens is 1. The first-order valence-electron chi connectivity index (χ1n) is 10.0. The third kappa shape index (κ3) is 3.95. The van der Waals surface area contributed by atoms with Crippen LogP contribution in [0.25, 0.3) is 0 Å². The summed E-state index contributed by atoms with van der Waals surface area (Å²) in [5.41, 5.74) is 4.03. The highest BCUT2D eigenvalue weighted by Gasteiger charge is 2.36. The number of esters is 2. The molecule has 0 radical (unpaired) electrons. The molecule has 0 N–H and O–H groups in total. The van der Waals surface area contributed by atoms with E-state index in [2.05, 4.69) is 4.90 Å². The lowest BCUT2D eigenvalue weighted by Gasteiger charge is -2.42. The maximum atomic E-state index is 11.7. The van der Waals surface area contributed by atoms with E-state index >= 15 is 0 Å². The first kappa shape index (κ1) is 21.5. The van der Waals surface area contributed by atoms with Crippen molar-refractivity contribution in [2.75, 3.05) is 20.8 Å². The Labute approximate surface area is 185 Å². The van der Waals surface area contributed by atoms with Gasteiger partial charge in [0.25, 0.3) is 0 Å². The predicted octanol–water partition coefficient (Wildman–Crippen LogP) is 3.86. The largest absolute Gasteiger partial charge is 0.493 e. The van der Waals surface area contributed by atoms with Gasteiger partial charge in [-0.3, -0.25) is 14.5 Å². The van der Waals surface area contributed by atoms with Gasteiger partial charge in [-0.25, -0.2) is 0 Å². The lowest BCUT2D eigenvalue weighted by molar-refractivity contribution is -0.133. The molecule has 0 fully saturated rings. The van der Waals surface area contributed by atoms with E-state index in [9.17, 15) is 9.59 Å². The second-order valence-electron chi connectivity index (χ2n) is 7.68. The molecule has 0 saturated carbocycles. The Morgan fingerprint density at radius 3 is 2.32 bits per heavy atom. The number of carbonyl (C=O) groups is 2. The van der Waals surface area contributed by atoms with Crippen LogP contribution < -0.4 is 18.9 Å². The van der Waals surface area contributed by atoms with E-state index in [0.717, 1.165) is 35.2 Å². The standard InChI is InChI=1S/C23H24ClNO6/c1-12(26)30-21-9-15-14(7-20(21)28-3)5-6-25-11-17-16(8-19(15)25)18(24)10-22(29-4)23(17)31-13(2)27/h7,9-10,19H,5-6,8,11H2,1-4H3. The average molecular weight is 446 g/mol. The molecule has 0 bridgehead atoms. The maximum Gasteiger partial charge on any atom is 0.308 e. The number of benzene rings is 2. The molecule has 2 aromatic carbocycles. The molecule has 2 aliphatic rings. The van der Waals surface area contributed by atoms with Crippen molar-refractivity contribution in [1.82, 2.24) is 4.90 Å². The van der Waals surface area contributed by atoms with Crippen LogP contribution in [0.3, 0.4) is 0 Å². The minimum Gasteiger partial charge on any atom is -0.493 e. The van der Waals surface area contributed by atoms with Crippen LogP contribution in [-0.2, 0) is 29.0 Å². The number of methoxy groups -OCH3 is 2. The number of carbonyl (C=O) groups excluding carboxylic acids is 2. The zero-order chi connectivity index (χ0) is 22.3. The van der Waals surface area contributed by atoms with E-state index < -0.39 is 11.9 Å². The van der Waals surface area contributed by atoms with Crippen LogP contribution in [0.2, 0.25) is 5.02 Å². The third-order valence-electron chi connectivity index (χ3n) is 5.78. The van der Waals surface area contributed by atoms with E-state index in [1.54, 1.807) is 13.2 Å². The van der Waals surface area contributed by atoms with E-state index in [0.29, 0.717) is 41.0 Å². The van der Waals surface area contributed by atoms with Gasteiger partial charge in [0, 0.05) is 49.6 Å². The molecular weight excluding hydrogens is 422 g/mol. The van der Waals surface area contributed by atoms with Crippen molar-refractivity contribution in [1.29, 1.82) is 0 Å². The summed E-state index contributed by atoms with van der Waals surface area (Å²) in [7, 11) is 3.09. The topological polar surface area (TPSA) is 74.3 Å². The molecule has 31 heavy (non-hydrogen) atoms. The summed E-state index contributed by atoms with van der Waals surface area (Å²) < 4.78 is 21.7. The van der Waals surface area contributed by atoms with E-state index in [1.807, 2.05) is 12.1 Å². The van der Waals surface area contributed by atoms with Crippen molar-refractivity contribution < 1.29 is 28.5 Å². The molecule has 7 nitrogen and oxygen atoms in total. The van der Waals surface area contributed by atoms with Crippen molar-refractivity contribution >= 4 is 23.5 Å². The smallest absolute Gasteiger partial charge is 0.308 e. The van der Waals surface area contributed by atoms with Crippen LogP contribution in [0.1, 0.15) is 42.1 Å². The van der Waals surface area contributed by atoms with Gasteiger partial charge in [-0.1, -0.05) is 11.6 Å². The fourth-order valence-electron chi connectivity index (χ4n) is 4.47. The van der Waals surface area contributed by atoms with Gasteiger partial charge < -0.3 is 18.9 Å². The van der Waals surface area contributed by atoms with Crippen LogP contribution in [0.4, 0.5) is 0 Å². The van der Waals surface area contributed by atoms with Gasteiger partial charge in [0.05, 0.1) is 14.2 Å². The van der Waals surface area contributed by atoms with Crippen LogP contribution in [0, 0.1) is 0 Å². The highest BCUT2D eigenvalue weighted by Crippen LogP contribution is 2.48. The highest BCUT2D eigenvalue weighted by molar-refractivity contribution is 6.31. The number of fused-ring (bicyclic) bond motifs is 4. The van der Waals surface area contributed by atoms with Gasteiger partial charge in [-0.05, 0) is 41.7 Å². The summed E-state index contributed by atoms with van der Waals surface area (Å²) in [6.45, 7) is 4.12. The lowest BCUT2D eigenvalue weighted by Crippen LogP contribution is -2.39. The van der Waals surface area contributed by atoms with E-state index in [1.165, 1.54) is 21.0 Å². The number of nitrogens with zero attached hydrogens (tertiary/aromatic N) is 1. The first-order chi connectivity index (χ1) is 14.8. The van der Waals surface area contributed by atoms with Crippen molar-refractivity contribution in [2.45, 2.75) is 39.3 Å². The summed E-state index contributed by atoms with van der Waals surface area (Å²) in [6, 6.07) is 5.57. The van der Waals surface area contributed by atoms with Crippen molar-refractivity contribution in [3.63, 3.8) is 0 Å². The van der Waals surface area contributed by atoms with Gasteiger partial charge in [0.2, 0.25) is 0 Å². The van der Waals surface area contributed by atoms with Crippen molar-refractivity contribution in [3.8, 4) is 23.0 Å². The molecule has 1 unspecified atom stereocenters. The van der Waals surface area contributed by atoms with Gasteiger partial charge in [0.15, 0.2) is 23.0 Å². The van der Waals surface area contributed by atoms with Crippen LogP contribution in [-0.4, -0.2) is 37.6 Å². The lowest BCUT2D eigenvalue weighted by atomic mass is 9.83. The summed E-state index contributed by atoms with van der Waals surface area (Å²) in [5.74, 6) is 1.00. The van der Waals surface area contributed by atoms with Gasteiger partial charge >= 0.3 is 11.9 Å². The molecule has 0 spiro atoms. The van der Waals surface area contributed by atoms with Crippen molar-refractivity contribution in [3.05, 3.63) is 45.5 Å². The minimum absolute atomic E-state index is 0.0486. The van der Waals surface area contributed by atoms with E-state index in [4.69, 9.17) is 30.5 Å². The van der Waals surface area contributed by atoms with Crippen LogP contribution in [0.15, 0.2) is 18.2 Å². The molecule has 2 heterocycles. The molecule has 0 aliphatic carbocycles. The second-order valence-corrected chi connectivity index (χ2v) is 8.08. The predicted molar refractivity (Wildman–Crippen MR) is 114 cm³/mol. The molecule has 4 rings (SSSR count). The number of rotatable bonds is 4. The second kappa shape index (κ2) is 8.40. The summed E-state index contributed by atoms with van der Waals surface area (Å²) in [6.07, 6.45) is 1.45. The summed E-state index contributed by atoms with van der Waals surface area (Å²) in [4.78, 5) is 25.6. The fraction of sp³-hybridized carbons (Fsp3) is 0.391. The monoisotopic (exact) mass is 445 g/mol. The van der Waals surface area contributed by atoms with Gasteiger partial charge in [0.1, 0.15) is 0 Å². The quantitative estimate of drug-likeness (QED) is 0.522. The molecule has 0 saturated heterocycles. The number of hydrogen-bond acceptors (Lipinski definition) is 7. The maximum absolute atomic E-state index is 11.7. The molecule has 2 aromatic rings. The Kier molecular flexibility index (Phi) is 5.81. The average Bonchev–Trinajstić information content (AvgIpc) is 2.73. The van der Waals surface area contributed by atoms with Crippen LogP contribution >= 0.6 is 11.6 Å². The molecule has 1 atom stereocenters. The zero-order valence-electron chi connectivity index (χ0n) is 17.9. The summed E-state index contributed by atoms with van der Waals surface area (Å²) in [5, 5.41) is 0.572. The molecule has 8 heteroatoms. The molecule has 164 valence electrons. The van der Waals surface area contributed by atoms with Crippen LogP contribution in [0.5, 0.6) is 23.0 Å². The molecular formula is C23H24ClNO6. The van der Waals surface area contributed by atoms with E-state index in [-0.39, 0.29) is 6.04 Å². The van der Waals surface area contributed by atoms with Gasteiger partial charge in [-0.2, -0.15) is 0 Å². The Bertz CT molecular complexity index is 1070. The number of ether oxygens (including phenoxy) is 4. The normalized spacial score (nSPS) is 17.1. The Morgan fingerprint density at radius 2 is 1.68 bits per heavy atom. The molecule has 0 aromatic heterocycles. The van der Waals surface area contributed by atoms with Gasteiger partial charge in [-0.15, -0.1) is 0 Å². The third-order valence-corrected chi connectivity index (χ3v) is 6.12. The molecule has 0 amide bonds. The Balaban J connectivity index is 1.79. The first-order valence-corrected chi connectivity index (χ1v) is 10.4. The number of hydrogen-bond donors (Lipinski definition) is 0. The highest BCUT2D eigenvalue weighted by atomic mass is 35.5. The molecule has 2 aliphatic heterocycles. The Morgan fingerprint density at radius 1 is 0.968 bits per heavy atom. The summed E-state index contributed by atoms with van der Waals surface area (Å²) >= 11 is 6.61. The minimum atomic E-state index is -0.410. The Hall–Kier alpha value is -2.77. The SMILES string of the molecule is COc1cc2c(cc1OC(C)=O)C1Cc3c(Cl)cc(OC)c(OC(C)=O)c3CN1CC2.